The molecule has 3 atom stereocenters. The van der Waals surface area contributed by atoms with E-state index >= 15 is 0 Å². The van der Waals surface area contributed by atoms with Crippen LogP contribution in [0.1, 0.15) is 22.4 Å². The lowest BCUT2D eigenvalue weighted by Crippen LogP contribution is -2.32. The predicted molar refractivity (Wildman–Crippen MR) is 162 cm³/mol. The summed E-state index contributed by atoms with van der Waals surface area (Å²) in [5.41, 5.74) is 3.12. The van der Waals surface area contributed by atoms with E-state index in [-0.39, 0.29) is 17.4 Å². The molecule has 0 unspecified atom stereocenters. The average Bonchev–Trinajstić information content (AvgIpc) is 3.68. The third kappa shape index (κ3) is 5.99. The van der Waals surface area contributed by atoms with E-state index in [1.165, 1.54) is 11.8 Å². The standard InChI is InChI=1S/C32H28N2O4S2/c1-21-10-14-24(15-11-21)36-28-20-29(38-31(28)37-25-16-12-22(2)13-17-25)40-32-33-27(19-26-9-6-18-39-26)30(35)34(32)23-7-4-3-5-8-23/h3-19,28-29,31H,20H2,1-2H3/b27-19-/t28-,29-,31+/m1/s1. The van der Waals surface area contributed by atoms with Gasteiger partial charge >= 0.3 is 0 Å². The van der Waals surface area contributed by atoms with Crippen molar-refractivity contribution in [3.05, 3.63) is 118 Å². The fraction of sp³-hybridized carbons (Fsp3) is 0.188. The van der Waals surface area contributed by atoms with Gasteiger partial charge in [0, 0.05) is 11.3 Å². The van der Waals surface area contributed by atoms with Crippen LogP contribution in [0.3, 0.4) is 0 Å². The highest BCUT2D eigenvalue weighted by Crippen LogP contribution is 2.38. The van der Waals surface area contributed by atoms with Gasteiger partial charge in [0.05, 0.1) is 5.69 Å². The van der Waals surface area contributed by atoms with Gasteiger partial charge in [0.2, 0.25) is 6.29 Å². The third-order valence-corrected chi connectivity index (χ3v) is 8.37. The van der Waals surface area contributed by atoms with Crippen molar-refractivity contribution < 1.29 is 19.0 Å². The number of thiophene rings is 1. The van der Waals surface area contributed by atoms with Crippen LogP contribution in [0.25, 0.3) is 6.08 Å². The van der Waals surface area contributed by atoms with Crippen molar-refractivity contribution in [3.63, 3.8) is 0 Å². The van der Waals surface area contributed by atoms with Crippen LogP contribution in [0.4, 0.5) is 5.69 Å². The van der Waals surface area contributed by atoms with Crippen LogP contribution in [-0.2, 0) is 9.53 Å². The normalized spacial score (nSPS) is 21.6. The molecule has 3 heterocycles. The Labute approximate surface area is 241 Å². The molecule has 8 heteroatoms. The molecule has 6 nitrogen and oxygen atoms in total. The molecular formula is C32H28N2O4S2. The molecule has 1 aromatic heterocycles. The smallest absolute Gasteiger partial charge is 0.283 e. The zero-order valence-corrected chi connectivity index (χ0v) is 23.7. The van der Waals surface area contributed by atoms with Gasteiger partial charge in [-0.2, -0.15) is 0 Å². The summed E-state index contributed by atoms with van der Waals surface area (Å²) in [5, 5.41) is 2.55. The van der Waals surface area contributed by atoms with Crippen molar-refractivity contribution in [2.45, 2.75) is 38.1 Å². The lowest BCUT2D eigenvalue weighted by Gasteiger charge is -2.21. The molecule has 2 aliphatic rings. The molecule has 2 aliphatic heterocycles. The highest BCUT2D eigenvalue weighted by atomic mass is 32.2. The van der Waals surface area contributed by atoms with Gasteiger partial charge in [-0.3, -0.25) is 9.69 Å². The topological polar surface area (TPSA) is 60.4 Å². The van der Waals surface area contributed by atoms with E-state index in [2.05, 4.69) is 0 Å². The number of amides is 1. The second-order valence-electron chi connectivity index (χ2n) is 9.60. The van der Waals surface area contributed by atoms with Crippen LogP contribution in [-0.4, -0.2) is 28.9 Å². The number of aryl methyl sites for hydroxylation is 2. The Morgan fingerprint density at radius 3 is 2.23 bits per heavy atom. The van der Waals surface area contributed by atoms with Crippen LogP contribution >= 0.6 is 23.1 Å². The predicted octanol–water partition coefficient (Wildman–Crippen LogP) is 7.44. The van der Waals surface area contributed by atoms with E-state index in [0.717, 1.165) is 27.4 Å². The molecule has 0 saturated carbocycles. The van der Waals surface area contributed by atoms with Crippen LogP contribution < -0.4 is 14.4 Å². The summed E-state index contributed by atoms with van der Waals surface area (Å²) < 4.78 is 19.0. The number of carbonyl (C=O) groups excluding carboxylic acids is 1. The molecule has 0 spiro atoms. The summed E-state index contributed by atoms with van der Waals surface area (Å²) in [6, 6.07) is 29.3. The van der Waals surface area contributed by atoms with Crippen molar-refractivity contribution in [1.82, 2.24) is 0 Å². The Kier molecular flexibility index (Phi) is 7.73. The van der Waals surface area contributed by atoms with Gasteiger partial charge in [0.25, 0.3) is 5.91 Å². The van der Waals surface area contributed by atoms with Gasteiger partial charge in [-0.05, 0) is 67.8 Å². The Balaban J connectivity index is 1.26. The highest BCUT2D eigenvalue weighted by Gasteiger charge is 2.42. The molecule has 3 aromatic carbocycles. The number of aliphatic imine (C=N–C) groups is 1. The first-order valence-corrected chi connectivity index (χ1v) is 14.8. The number of amidine groups is 1. The largest absolute Gasteiger partial charge is 0.484 e. The summed E-state index contributed by atoms with van der Waals surface area (Å²) >= 11 is 2.97. The molecular weight excluding hydrogens is 540 g/mol. The van der Waals surface area contributed by atoms with Gasteiger partial charge in [-0.1, -0.05) is 71.4 Å². The van der Waals surface area contributed by atoms with Crippen molar-refractivity contribution in [1.29, 1.82) is 0 Å². The fourth-order valence-electron chi connectivity index (χ4n) is 4.43. The summed E-state index contributed by atoms with van der Waals surface area (Å²) in [6.07, 6.45) is 1.39. The average molecular weight is 569 g/mol. The van der Waals surface area contributed by atoms with Crippen molar-refractivity contribution in [3.8, 4) is 11.5 Å². The number of rotatable bonds is 7. The molecule has 1 amide bonds. The van der Waals surface area contributed by atoms with Crippen LogP contribution in [0.15, 0.2) is 107 Å². The molecule has 0 aliphatic carbocycles. The number of nitrogens with zero attached hydrogens (tertiary/aromatic N) is 2. The van der Waals surface area contributed by atoms with Crippen molar-refractivity contribution in [2.75, 3.05) is 4.90 Å². The molecule has 202 valence electrons. The first-order valence-electron chi connectivity index (χ1n) is 13.0. The van der Waals surface area contributed by atoms with E-state index in [1.54, 1.807) is 16.2 Å². The van der Waals surface area contributed by atoms with E-state index in [4.69, 9.17) is 19.2 Å². The molecule has 1 fully saturated rings. The molecule has 6 rings (SSSR count). The molecule has 4 aromatic rings. The fourth-order valence-corrected chi connectivity index (χ4v) is 6.21. The number of benzene rings is 3. The summed E-state index contributed by atoms with van der Waals surface area (Å²) in [6.45, 7) is 4.08. The maximum Gasteiger partial charge on any atom is 0.283 e. The Morgan fingerprint density at radius 2 is 1.57 bits per heavy atom. The Morgan fingerprint density at radius 1 is 0.900 bits per heavy atom. The molecule has 1 saturated heterocycles. The van der Waals surface area contributed by atoms with Crippen LogP contribution in [0.5, 0.6) is 11.5 Å². The third-order valence-electron chi connectivity index (χ3n) is 6.50. The summed E-state index contributed by atoms with van der Waals surface area (Å²) in [4.78, 5) is 20.9. The minimum Gasteiger partial charge on any atom is -0.484 e. The Hall–Kier alpha value is -3.85. The Bertz CT molecular complexity index is 1460. The van der Waals surface area contributed by atoms with Crippen LogP contribution in [0, 0.1) is 13.8 Å². The van der Waals surface area contributed by atoms with Gasteiger partial charge < -0.3 is 14.2 Å². The lowest BCUT2D eigenvalue weighted by atomic mass is 10.2. The van der Waals surface area contributed by atoms with Crippen molar-refractivity contribution in [2.24, 2.45) is 4.99 Å². The van der Waals surface area contributed by atoms with E-state index in [9.17, 15) is 4.79 Å². The first-order chi connectivity index (χ1) is 19.5. The highest BCUT2D eigenvalue weighted by molar-refractivity contribution is 8.14. The van der Waals surface area contributed by atoms with E-state index in [0.29, 0.717) is 23.0 Å². The number of anilines is 1. The second-order valence-corrected chi connectivity index (χ2v) is 11.7. The quantitative estimate of drug-likeness (QED) is 0.217. The number of hydrogen-bond donors (Lipinski definition) is 0. The van der Waals surface area contributed by atoms with Crippen LogP contribution in [0.2, 0.25) is 0 Å². The zero-order valence-electron chi connectivity index (χ0n) is 22.1. The van der Waals surface area contributed by atoms with Gasteiger partial charge in [0.15, 0.2) is 11.3 Å². The van der Waals surface area contributed by atoms with Gasteiger partial charge in [0.1, 0.15) is 22.6 Å². The summed E-state index contributed by atoms with van der Waals surface area (Å²) in [7, 11) is 0. The van der Waals surface area contributed by atoms with Gasteiger partial charge in [-0.25, -0.2) is 4.99 Å². The number of ether oxygens (including phenoxy) is 3. The maximum atomic E-state index is 13.5. The number of thioether (sulfide) groups is 1. The van der Waals surface area contributed by atoms with Crippen molar-refractivity contribution >= 4 is 45.9 Å². The number of carbonyl (C=O) groups is 1. The molecule has 40 heavy (non-hydrogen) atoms. The monoisotopic (exact) mass is 568 g/mol. The minimum absolute atomic E-state index is 0.167. The molecule has 0 radical (unpaired) electrons. The maximum absolute atomic E-state index is 13.5. The first kappa shape index (κ1) is 26.4. The SMILES string of the molecule is Cc1ccc(O[C@H]2O[C@H](SC3=N/C(=C\c4cccs4)C(=O)N3c3ccccc3)C[C@H]2Oc2ccc(C)cc2)cc1. The minimum atomic E-state index is -0.634. The summed E-state index contributed by atoms with van der Waals surface area (Å²) in [5.74, 6) is 1.29. The number of hydrogen-bond acceptors (Lipinski definition) is 7. The second kappa shape index (κ2) is 11.7. The molecule has 0 bridgehead atoms. The zero-order chi connectivity index (χ0) is 27.5. The lowest BCUT2D eigenvalue weighted by molar-refractivity contribution is -0.113. The number of para-hydroxylation sites is 1. The molecule has 0 N–H and O–H groups in total. The van der Waals surface area contributed by atoms with Gasteiger partial charge in [-0.15, -0.1) is 11.3 Å². The van der Waals surface area contributed by atoms with E-state index < -0.39 is 6.29 Å². The van der Waals surface area contributed by atoms with E-state index in [1.807, 2.05) is 116 Å².